The number of carbonyl (C=O) groups excluding carboxylic acids is 1. The van der Waals surface area contributed by atoms with Gasteiger partial charge in [0.1, 0.15) is 5.82 Å². The van der Waals surface area contributed by atoms with Crippen LogP contribution < -0.4 is 0 Å². The number of thiophene rings is 1. The van der Waals surface area contributed by atoms with E-state index in [0.29, 0.717) is 13.0 Å². The highest BCUT2D eigenvalue weighted by atomic mass is 32.1. The molecule has 0 unspecified atom stereocenters. The van der Waals surface area contributed by atoms with E-state index in [0.717, 1.165) is 46.8 Å². The Labute approximate surface area is 194 Å². The molecular weight excluding hydrogens is 420 g/mol. The Balaban J connectivity index is 0.00000176. The summed E-state index contributed by atoms with van der Waals surface area (Å²) < 4.78 is 2.13. The number of benzene rings is 1. The lowest BCUT2D eigenvalue weighted by Gasteiger charge is -2.12. The number of Topliss-reactive ketones (excluding diaryl/α,β-unsaturated/α-hetero) is 1. The maximum atomic E-state index is 12.3. The van der Waals surface area contributed by atoms with Gasteiger partial charge >= 0.3 is 5.97 Å². The van der Waals surface area contributed by atoms with Crippen LogP contribution >= 0.6 is 11.3 Å². The summed E-state index contributed by atoms with van der Waals surface area (Å²) in [5.74, 6) is 0.0950. The molecule has 0 aliphatic heterocycles. The van der Waals surface area contributed by atoms with Crippen molar-refractivity contribution < 1.29 is 14.7 Å². The maximum absolute atomic E-state index is 12.3. The molecule has 2 aromatic heterocycles. The molecule has 3 rings (SSSR count). The van der Waals surface area contributed by atoms with E-state index in [9.17, 15) is 9.59 Å². The van der Waals surface area contributed by atoms with Gasteiger partial charge in [-0.15, -0.1) is 11.3 Å². The lowest BCUT2D eigenvalue weighted by molar-refractivity contribution is -0.113. The monoisotopic (exact) mass is 452 g/mol. The molecule has 0 saturated carbocycles. The quantitative estimate of drug-likeness (QED) is 0.368. The van der Waals surface area contributed by atoms with Gasteiger partial charge in [-0.05, 0) is 48.6 Å². The Morgan fingerprint density at radius 2 is 1.88 bits per heavy atom. The number of rotatable bonds is 10. The van der Waals surface area contributed by atoms with Crippen molar-refractivity contribution in [2.24, 2.45) is 0 Å². The van der Waals surface area contributed by atoms with Gasteiger partial charge in [-0.3, -0.25) is 4.79 Å². The topological polar surface area (TPSA) is 72.2 Å². The molecule has 32 heavy (non-hydrogen) atoms. The zero-order valence-corrected chi connectivity index (χ0v) is 20.1. The van der Waals surface area contributed by atoms with Crippen molar-refractivity contribution in [2.45, 2.75) is 59.9 Å². The molecule has 6 heteroatoms. The van der Waals surface area contributed by atoms with Gasteiger partial charge in [0.25, 0.3) is 0 Å². The molecule has 0 aliphatic carbocycles. The van der Waals surface area contributed by atoms with E-state index < -0.39 is 5.97 Å². The summed E-state index contributed by atoms with van der Waals surface area (Å²) in [6, 6.07) is 10.9. The number of ketones is 1. The predicted molar refractivity (Wildman–Crippen MR) is 131 cm³/mol. The molecule has 3 aromatic rings. The minimum absolute atomic E-state index is 0.0528. The van der Waals surface area contributed by atoms with Crippen molar-refractivity contribution in [1.29, 1.82) is 0 Å². The average Bonchev–Trinajstić information content (AvgIpc) is 3.44. The van der Waals surface area contributed by atoms with Crippen LogP contribution in [-0.2, 0) is 24.2 Å². The zero-order chi connectivity index (χ0) is 23.5. The first kappa shape index (κ1) is 25.3. The van der Waals surface area contributed by atoms with Crippen LogP contribution in [0.15, 0.2) is 53.5 Å². The Morgan fingerprint density at radius 1 is 1.16 bits per heavy atom. The first-order valence-electron chi connectivity index (χ1n) is 11.1. The molecule has 0 aliphatic rings. The Morgan fingerprint density at radius 3 is 2.44 bits per heavy atom. The second-order valence-corrected chi connectivity index (χ2v) is 8.31. The van der Waals surface area contributed by atoms with E-state index in [2.05, 4.69) is 16.5 Å². The van der Waals surface area contributed by atoms with Gasteiger partial charge in [0, 0.05) is 29.8 Å². The number of aromatic carboxylic acids is 1. The van der Waals surface area contributed by atoms with E-state index >= 15 is 0 Å². The van der Waals surface area contributed by atoms with Gasteiger partial charge in [-0.25, -0.2) is 9.78 Å². The van der Waals surface area contributed by atoms with E-state index in [-0.39, 0.29) is 11.3 Å². The lowest BCUT2D eigenvalue weighted by atomic mass is 10.1. The smallest absolute Gasteiger partial charge is 0.335 e. The van der Waals surface area contributed by atoms with Gasteiger partial charge < -0.3 is 9.67 Å². The van der Waals surface area contributed by atoms with Crippen molar-refractivity contribution >= 4 is 29.2 Å². The Bertz CT molecular complexity index is 1030. The fourth-order valence-electron chi connectivity index (χ4n) is 3.25. The number of unbranched alkanes of at least 4 members (excludes halogenated alkanes) is 1. The summed E-state index contributed by atoms with van der Waals surface area (Å²) in [4.78, 5) is 29.2. The summed E-state index contributed by atoms with van der Waals surface area (Å²) in [6.45, 7) is 8.32. The highest BCUT2D eigenvalue weighted by Crippen LogP contribution is 2.20. The zero-order valence-electron chi connectivity index (χ0n) is 19.3. The molecule has 1 aromatic carbocycles. The minimum atomic E-state index is -0.934. The second-order valence-electron chi connectivity index (χ2n) is 7.27. The summed E-state index contributed by atoms with van der Waals surface area (Å²) in [6.07, 6.45) is 7.34. The van der Waals surface area contributed by atoms with Crippen molar-refractivity contribution in [2.75, 3.05) is 0 Å². The summed E-state index contributed by atoms with van der Waals surface area (Å²) in [5.41, 5.74) is 2.91. The lowest BCUT2D eigenvalue weighted by Crippen LogP contribution is -2.09. The van der Waals surface area contributed by atoms with Crippen molar-refractivity contribution in [3.63, 3.8) is 0 Å². The summed E-state index contributed by atoms with van der Waals surface area (Å²) >= 11 is 1.64. The van der Waals surface area contributed by atoms with Crippen LogP contribution in [0, 0.1) is 0 Å². The number of imidazole rings is 1. The third-order valence-corrected chi connectivity index (χ3v) is 5.86. The number of carboxylic acids is 1. The molecule has 170 valence electrons. The number of allylic oxidation sites excluding steroid dienone is 1. The SMILES string of the molecule is CC.CCCCc1ncc(/C=C(\Cc2cccs2)C(C)=O)n1Cc1ccc(C(=O)O)cc1. The molecule has 2 heterocycles. The van der Waals surface area contributed by atoms with Crippen LogP contribution in [0.25, 0.3) is 6.08 Å². The molecule has 0 atom stereocenters. The normalized spacial score (nSPS) is 11.1. The number of aromatic nitrogens is 2. The third kappa shape index (κ3) is 7.02. The van der Waals surface area contributed by atoms with Crippen LogP contribution in [0.1, 0.15) is 72.9 Å². The number of hydrogen-bond acceptors (Lipinski definition) is 4. The molecule has 1 N–H and O–H groups in total. The number of carboxylic acid groups (broad SMARTS) is 1. The Kier molecular flexibility index (Phi) is 10.1. The molecule has 5 nitrogen and oxygen atoms in total. The van der Waals surface area contributed by atoms with Crippen LogP contribution in [0.2, 0.25) is 0 Å². The van der Waals surface area contributed by atoms with Gasteiger partial charge in [0.05, 0.1) is 17.5 Å². The number of hydrogen-bond donors (Lipinski definition) is 1. The van der Waals surface area contributed by atoms with E-state index in [4.69, 9.17) is 5.11 Å². The van der Waals surface area contributed by atoms with Crippen molar-refractivity contribution in [3.05, 3.63) is 81.1 Å². The number of nitrogens with zero attached hydrogens (tertiary/aromatic N) is 2. The maximum Gasteiger partial charge on any atom is 0.335 e. The number of carbonyl (C=O) groups is 2. The fraction of sp³-hybridized carbons (Fsp3) is 0.346. The van der Waals surface area contributed by atoms with E-state index in [1.54, 1.807) is 30.4 Å². The van der Waals surface area contributed by atoms with Crippen LogP contribution in [0.5, 0.6) is 0 Å². The minimum Gasteiger partial charge on any atom is -0.478 e. The highest BCUT2D eigenvalue weighted by Gasteiger charge is 2.13. The average molecular weight is 453 g/mol. The second kappa shape index (κ2) is 12.8. The van der Waals surface area contributed by atoms with E-state index in [1.807, 2.05) is 55.8 Å². The van der Waals surface area contributed by atoms with E-state index in [1.165, 1.54) is 0 Å². The van der Waals surface area contributed by atoms with Gasteiger partial charge in [0.15, 0.2) is 5.78 Å². The van der Waals surface area contributed by atoms with Crippen LogP contribution in [-0.4, -0.2) is 26.4 Å². The van der Waals surface area contributed by atoms with Gasteiger partial charge in [-0.2, -0.15) is 0 Å². The molecular formula is C26H32N2O3S. The molecule has 0 fully saturated rings. The van der Waals surface area contributed by atoms with Crippen molar-refractivity contribution in [1.82, 2.24) is 9.55 Å². The number of aryl methyl sites for hydroxylation is 1. The summed E-state index contributed by atoms with van der Waals surface area (Å²) in [7, 11) is 0. The summed E-state index contributed by atoms with van der Waals surface area (Å²) in [5, 5.41) is 11.1. The molecule has 0 radical (unpaired) electrons. The van der Waals surface area contributed by atoms with Gasteiger partial charge in [0.2, 0.25) is 0 Å². The first-order valence-corrected chi connectivity index (χ1v) is 12.0. The third-order valence-electron chi connectivity index (χ3n) is 4.98. The standard InChI is InChI=1S/C24H26N2O3S.C2H6/c1-3-4-7-23-25-15-21(13-20(17(2)27)14-22-6-5-12-30-22)26(23)16-18-8-10-19(11-9-18)24(28)29;1-2/h5-6,8-13,15H,3-4,7,14,16H2,1-2H3,(H,28,29);1-2H3/b20-13+;. The molecule has 0 spiro atoms. The molecule has 0 saturated heterocycles. The predicted octanol–water partition coefficient (Wildman–Crippen LogP) is 6.28. The first-order chi connectivity index (χ1) is 15.5. The molecule has 0 amide bonds. The highest BCUT2D eigenvalue weighted by molar-refractivity contribution is 7.09. The van der Waals surface area contributed by atoms with Crippen LogP contribution in [0.4, 0.5) is 0 Å². The fourth-order valence-corrected chi connectivity index (χ4v) is 3.98. The van der Waals surface area contributed by atoms with Crippen molar-refractivity contribution in [3.8, 4) is 0 Å². The van der Waals surface area contributed by atoms with Crippen LogP contribution in [0.3, 0.4) is 0 Å². The Hall–Kier alpha value is -2.99. The largest absolute Gasteiger partial charge is 0.478 e. The van der Waals surface area contributed by atoms with Gasteiger partial charge in [-0.1, -0.05) is 45.4 Å². The molecule has 0 bridgehead atoms.